The van der Waals surface area contributed by atoms with Crippen LogP contribution in [0.4, 0.5) is 0 Å². The van der Waals surface area contributed by atoms with E-state index in [1.807, 2.05) is 0 Å². The van der Waals surface area contributed by atoms with Crippen molar-refractivity contribution in [2.75, 3.05) is 13.2 Å². The number of rotatable bonds is 5. The predicted molar refractivity (Wildman–Crippen MR) is 62.5 cm³/mol. The maximum absolute atomic E-state index is 8.76. The zero-order valence-electron chi connectivity index (χ0n) is 9.79. The summed E-state index contributed by atoms with van der Waals surface area (Å²) in [6.45, 7) is 6.85. The topological polar surface area (TPSA) is 29.5 Å². The van der Waals surface area contributed by atoms with E-state index in [1.54, 1.807) is 0 Å². The first-order valence-corrected chi connectivity index (χ1v) is 5.55. The molecule has 1 rings (SSSR count). The first kappa shape index (κ1) is 12.1. The van der Waals surface area contributed by atoms with Crippen LogP contribution in [0.5, 0.6) is 5.75 Å². The van der Waals surface area contributed by atoms with E-state index in [9.17, 15) is 0 Å². The summed E-state index contributed by atoms with van der Waals surface area (Å²) >= 11 is 0. The summed E-state index contributed by atoms with van der Waals surface area (Å²) in [5.41, 5.74) is 2.48. The van der Waals surface area contributed by atoms with E-state index in [2.05, 4.69) is 39.0 Å². The van der Waals surface area contributed by atoms with Gasteiger partial charge in [-0.3, -0.25) is 0 Å². The van der Waals surface area contributed by atoms with Gasteiger partial charge in [-0.25, -0.2) is 0 Å². The Balaban J connectivity index is 2.94. The SMILES string of the molecule is CCc1ccc(C(C)C)c(OCCO)c1. The van der Waals surface area contributed by atoms with Crippen LogP contribution in [0.25, 0.3) is 0 Å². The fraction of sp³-hybridized carbons (Fsp3) is 0.538. The summed E-state index contributed by atoms with van der Waals surface area (Å²) in [5, 5.41) is 8.76. The Morgan fingerprint density at radius 3 is 2.60 bits per heavy atom. The maximum atomic E-state index is 8.76. The van der Waals surface area contributed by atoms with Crippen LogP contribution in [-0.4, -0.2) is 18.3 Å². The van der Waals surface area contributed by atoms with Gasteiger partial charge in [-0.15, -0.1) is 0 Å². The molecular formula is C13H20O2. The van der Waals surface area contributed by atoms with Gasteiger partial charge in [0.25, 0.3) is 0 Å². The molecule has 0 aliphatic heterocycles. The second-order valence-electron chi connectivity index (χ2n) is 3.95. The van der Waals surface area contributed by atoms with Crippen LogP contribution < -0.4 is 4.74 Å². The average molecular weight is 208 g/mol. The lowest BCUT2D eigenvalue weighted by Crippen LogP contribution is -2.05. The van der Waals surface area contributed by atoms with Crippen LogP contribution in [0.1, 0.15) is 37.8 Å². The third-order valence-electron chi connectivity index (χ3n) is 2.46. The van der Waals surface area contributed by atoms with Gasteiger partial charge in [-0.1, -0.05) is 32.9 Å². The van der Waals surface area contributed by atoms with Crippen LogP contribution in [0.15, 0.2) is 18.2 Å². The standard InChI is InChI=1S/C13H20O2/c1-4-11-5-6-12(10(2)3)13(9-11)15-8-7-14/h5-6,9-10,14H,4,7-8H2,1-3H3. The summed E-state index contributed by atoms with van der Waals surface area (Å²) in [7, 11) is 0. The van der Waals surface area contributed by atoms with Gasteiger partial charge in [0.15, 0.2) is 0 Å². The average Bonchev–Trinajstić information content (AvgIpc) is 2.25. The molecular weight excluding hydrogens is 188 g/mol. The van der Waals surface area contributed by atoms with Crippen molar-refractivity contribution < 1.29 is 9.84 Å². The van der Waals surface area contributed by atoms with Crippen molar-refractivity contribution in [2.45, 2.75) is 33.1 Å². The van der Waals surface area contributed by atoms with Gasteiger partial charge in [-0.2, -0.15) is 0 Å². The van der Waals surface area contributed by atoms with Crippen molar-refractivity contribution in [3.05, 3.63) is 29.3 Å². The van der Waals surface area contributed by atoms with E-state index < -0.39 is 0 Å². The van der Waals surface area contributed by atoms with Gasteiger partial charge in [0.2, 0.25) is 0 Å². The molecule has 2 heteroatoms. The molecule has 0 heterocycles. The normalized spacial score (nSPS) is 10.7. The first-order chi connectivity index (χ1) is 7.19. The number of benzene rings is 1. The van der Waals surface area contributed by atoms with Crippen molar-refractivity contribution >= 4 is 0 Å². The fourth-order valence-electron chi connectivity index (χ4n) is 1.56. The lowest BCUT2D eigenvalue weighted by Gasteiger charge is -2.14. The summed E-state index contributed by atoms with van der Waals surface area (Å²) < 4.78 is 5.54. The lowest BCUT2D eigenvalue weighted by molar-refractivity contribution is 0.200. The minimum atomic E-state index is 0.0634. The van der Waals surface area contributed by atoms with E-state index in [0.29, 0.717) is 12.5 Å². The van der Waals surface area contributed by atoms with Gasteiger partial charge in [-0.05, 0) is 29.5 Å². The van der Waals surface area contributed by atoms with E-state index in [-0.39, 0.29) is 6.61 Å². The highest BCUT2D eigenvalue weighted by atomic mass is 16.5. The highest BCUT2D eigenvalue weighted by molar-refractivity contribution is 5.39. The van der Waals surface area contributed by atoms with Crippen LogP contribution in [0.2, 0.25) is 0 Å². The predicted octanol–water partition coefficient (Wildman–Crippen LogP) is 2.74. The van der Waals surface area contributed by atoms with Crippen molar-refractivity contribution in [1.29, 1.82) is 0 Å². The molecule has 0 saturated heterocycles. The summed E-state index contributed by atoms with van der Waals surface area (Å²) in [4.78, 5) is 0. The molecule has 0 aromatic heterocycles. The van der Waals surface area contributed by atoms with Gasteiger partial charge < -0.3 is 9.84 Å². The monoisotopic (exact) mass is 208 g/mol. The summed E-state index contributed by atoms with van der Waals surface area (Å²) in [5.74, 6) is 1.36. The smallest absolute Gasteiger partial charge is 0.123 e. The molecule has 1 N–H and O–H groups in total. The highest BCUT2D eigenvalue weighted by Gasteiger charge is 2.08. The minimum absolute atomic E-state index is 0.0634. The highest BCUT2D eigenvalue weighted by Crippen LogP contribution is 2.27. The zero-order valence-corrected chi connectivity index (χ0v) is 9.79. The van der Waals surface area contributed by atoms with Gasteiger partial charge in [0.05, 0.1) is 6.61 Å². The molecule has 0 atom stereocenters. The number of aliphatic hydroxyl groups is 1. The quantitative estimate of drug-likeness (QED) is 0.806. The molecule has 0 aliphatic carbocycles. The van der Waals surface area contributed by atoms with Gasteiger partial charge in [0.1, 0.15) is 12.4 Å². The largest absolute Gasteiger partial charge is 0.491 e. The molecule has 1 aromatic carbocycles. The summed E-state index contributed by atoms with van der Waals surface area (Å²) in [6, 6.07) is 6.34. The number of ether oxygens (including phenoxy) is 1. The van der Waals surface area contributed by atoms with Crippen molar-refractivity contribution in [1.82, 2.24) is 0 Å². The van der Waals surface area contributed by atoms with Crippen molar-refractivity contribution in [3.63, 3.8) is 0 Å². The molecule has 84 valence electrons. The van der Waals surface area contributed by atoms with Gasteiger partial charge >= 0.3 is 0 Å². The van der Waals surface area contributed by atoms with Crippen LogP contribution in [-0.2, 0) is 6.42 Å². The fourth-order valence-corrected chi connectivity index (χ4v) is 1.56. The molecule has 0 spiro atoms. The Morgan fingerprint density at radius 1 is 1.33 bits per heavy atom. The van der Waals surface area contributed by atoms with E-state index >= 15 is 0 Å². The second-order valence-corrected chi connectivity index (χ2v) is 3.95. The molecule has 0 amide bonds. The Kier molecular flexibility index (Phi) is 4.63. The Morgan fingerprint density at radius 2 is 2.07 bits per heavy atom. The molecule has 0 aliphatic rings. The Labute approximate surface area is 91.9 Å². The zero-order chi connectivity index (χ0) is 11.3. The van der Waals surface area contributed by atoms with Gasteiger partial charge in [0, 0.05) is 0 Å². The van der Waals surface area contributed by atoms with Crippen molar-refractivity contribution in [3.8, 4) is 5.75 Å². The number of hydrogen-bond donors (Lipinski definition) is 1. The number of aryl methyl sites for hydroxylation is 1. The first-order valence-electron chi connectivity index (χ1n) is 5.55. The van der Waals surface area contributed by atoms with E-state index in [1.165, 1.54) is 11.1 Å². The van der Waals surface area contributed by atoms with Crippen LogP contribution in [0.3, 0.4) is 0 Å². The number of aliphatic hydroxyl groups excluding tert-OH is 1. The molecule has 2 nitrogen and oxygen atoms in total. The third kappa shape index (κ3) is 3.24. The number of hydrogen-bond acceptors (Lipinski definition) is 2. The molecule has 0 saturated carbocycles. The molecule has 15 heavy (non-hydrogen) atoms. The molecule has 0 unspecified atom stereocenters. The van der Waals surface area contributed by atoms with E-state index in [0.717, 1.165) is 12.2 Å². The lowest BCUT2D eigenvalue weighted by atomic mass is 9.99. The van der Waals surface area contributed by atoms with Crippen molar-refractivity contribution in [2.24, 2.45) is 0 Å². The Bertz CT molecular complexity index is 305. The second kappa shape index (κ2) is 5.76. The van der Waals surface area contributed by atoms with Crippen LogP contribution in [0, 0.1) is 0 Å². The van der Waals surface area contributed by atoms with Crippen LogP contribution >= 0.6 is 0 Å². The summed E-state index contributed by atoms with van der Waals surface area (Å²) in [6.07, 6.45) is 1.01. The minimum Gasteiger partial charge on any atom is -0.491 e. The van der Waals surface area contributed by atoms with E-state index in [4.69, 9.17) is 9.84 Å². The molecule has 1 aromatic rings. The molecule has 0 radical (unpaired) electrons. The molecule has 0 fully saturated rings. The Hall–Kier alpha value is -1.02. The molecule has 0 bridgehead atoms. The maximum Gasteiger partial charge on any atom is 0.123 e. The third-order valence-corrected chi connectivity index (χ3v) is 2.46.